The minimum Gasteiger partial charge on any atom is -0.454 e. The third-order valence-corrected chi connectivity index (χ3v) is 5.66. The van der Waals surface area contributed by atoms with Crippen LogP contribution in [-0.2, 0) is 16.1 Å². The molecule has 0 spiro atoms. The molecule has 8 heteroatoms. The molecule has 0 bridgehead atoms. The minimum absolute atomic E-state index is 0.300. The maximum absolute atomic E-state index is 11.9. The van der Waals surface area contributed by atoms with E-state index in [1.807, 2.05) is 6.07 Å². The maximum Gasteiger partial charge on any atom is 0.311 e. The van der Waals surface area contributed by atoms with E-state index in [0.29, 0.717) is 25.9 Å². The standard InChI is InChI=1S/C19H26N4O4/c20-18(24)19(25)23-5-1-2-15(12-23)22-8-6-21(7-9-22)11-14-3-4-16-17(10-14)27-13-26-16/h3-4,10,15H,1-2,5-9,11-13H2,(H2,20,24)/t15-/m1/s1. The van der Waals surface area contributed by atoms with Gasteiger partial charge in [-0.2, -0.15) is 0 Å². The van der Waals surface area contributed by atoms with Crippen LogP contribution in [0, 0.1) is 0 Å². The second kappa shape index (κ2) is 7.74. The highest BCUT2D eigenvalue weighted by Crippen LogP contribution is 2.33. The van der Waals surface area contributed by atoms with E-state index in [2.05, 4.69) is 21.9 Å². The van der Waals surface area contributed by atoms with E-state index >= 15 is 0 Å². The number of hydrogen-bond acceptors (Lipinski definition) is 6. The van der Waals surface area contributed by atoms with Crippen LogP contribution >= 0.6 is 0 Å². The molecule has 2 N–H and O–H groups in total. The van der Waals surface area contributed by atoms with Gasteiger partial charge >= 0.3 is 11.8 Å². The van der Waals surface area contributed by atoms with Crippen molar-refractivity contribution in [3.8, 4) is 11.5 Å². The van der Waals surface area contributed by atoms with Crippen molar-refractivity contribution >= 4 is 11.8 Å². The number of carbonyl (C=O) groups excluding carboxylic acids is 2. The average Bonchev–Trinajstić information content (AvgIpc) is 3.16. The quantitative estimate of drug-likeness (QED) is 0.750. The van der Waals surface area contributed by atoms with E-state index in [0.717, 1.165) is 57.1 Å². The van der Waals surface area contributed by atoms with Crippen LogP contribution in [-0.4, -0.2) is 78.6 Å². The number of primary amides is 1. The van der Waals surface area contributed by atoms with Crippen molar-refractivity contribution in [2.24, 2.45) is 5.73 Å². The van der Waals surface area contributed by atoms with Crippen LogP contribution in [0.1, 0.15) is 18.4 Å². The Morgan fingerprint density at radius 1 is 1.07 bits per heavy atom. The number of hydrogen-bond donors (Lipinski definition) is 1. The lowest BCUT2D eigenvalue weighted by Gasteiger charge is -2.43. The summed E-state index contributed by atoms with van der Waals surface area (Å²) in [7, 11) is 0. The lowest BCUT2D eigenvalue weighted by molar-refractivity contribution is -0.145. The van der Waals surface area contributed by atoms with Crippen molar-refractivity contribution in [2.45, 2.75) is 25.4 Å². The number of likely N-dealkylation sites (tertiary alicyclic amines) is 1. The molecule has 0 aromatic heterocycles. The SMILES string of the molecule is NC(=O)C(=O)N1CCC[C@@H](N2CCN(Cc3ccc4c(c3)OCO4)CC2)C1. The summed E-state index contributed by atoms with van der Waals surface area (Å²) in [5.41, 5.74) is 6.37. The van der Waals surface area contributed by atoms with Crippen molar-refractivity contribution < 1.29 is 19.1 Å². The number of piperidine rings is 1. The van der Waals surface area contributed by atoms with E-state index in [9.17, 15) is 9.59 Å². The van der Waals surface area contributed by atoms with Gasteiger partial charge in [0.05, 0.1) is 0 Å². The first kappa shape index (κ1) is 18.1. The maximum atomic E-state index is 11.9. The van der Waals surface area contributed by atoms with Gasteiger partial charge in [-0.05, 0) is 30.5 Å². The molecule has 1 aromatic rings. The Morgan fingerprint density at radius 2 is 1.85 bits per heavy atom. The predicted molar refractivity (Wildman–Crippen MR) is 98.2 cm³/mol. The minimum atomic E-state index is -0.857. The van der Waals surface area contributed by atoms with Crippen LogP contribution in [0.15, 0.2) is 18.2 Å². The Morgan fingerprint density at radius 3 is 2.63 bits per heavy atom. The van der Waals surface area contributed by atoms with Crippen molar-refractivity contribution in [3.63, 3.8) is 0 Å². The van der Waals surface area contributed by atoms with Crippen LogP contribution in [0.3, 0.4) is 0 Å². The third kappa shape index (κ3) is 4.01. The number of amides is 2. The van der Waals surface area contributed by atoms with E-state index in [1.54, 1.807) is 4.90 Å². The molecule has 1 aromatic carbocycles. The zero-order valence-corrected chi connectivity index (χ0v) is 15.4. The predicted octanol–water partition coefficient (Wildman–Crippen LogP) is 0.00920. The highest BCUT2D eigenvalue weighted by atomic mass is 16.7. The van der Waals surface area contributed by atoms with Gasteiger partial charge in [0.25, 0.3) is 0 Å². The number of fused-ring (bicyclic) bond motifs is 1. The first-order valence-electron chi connectivity index (χ1n) is 9.54. The van der Waals surface area contributed by atoms with E-state index in [-0.39, 0.29) is 0 Å². The molecular weight excluding hydrogens is 348 g/mol. The Bertz CT molecular complexity index is 718. The average molecular weight is 374 g/mol. The Kier molecular flexibility index (Phi) is 5.18. The van der Waals surface area contributed by atoms with E-state index in [1.165, 1.54) is 5.56 Å². The second-order valence-electron chi connectivity index (χ2n) is 7.41. The summed E-state index contributed by atoms with van der Waals surface area (Å²) in [6.45, 7) is 6.31. The highest BCUT2D eigenvalue weighted by Gasteiger charge is 2.31. The molecule has 146 valence electrons. The number of piperazine rings is 1. The van der Waals surface area contributed by atoms with Gasteiger partial charge in [0.2, 0.25) is 6.79 Å². The highest BCUT2D eigenvalue weighted by molar-refractivity contribution is 6.34. The molecule has 8 nitrogen and oxygen atoms in total. The van der Waals surface area contributed by atoms with Crippen molar-refractivity contribution in [1.29, 1.82) is 0 Å². The third-order valence-electron chi connectivity index (χ3n) is 5.66. The van der Waals surface area contributed by atoms with Crippen molar-refractivity contribution in [1.82, 2.24) is 14.7 Å². The van der Waals surface area contributed by atoms with Gasteiger partial charge in [0.15, 0.2) is 11.5 Å². The molecule has 2 fully saturated rings. The largest absolute Gasteiger partial charge is 0.454 e. The number of benzene rings is 1. The molecule has 3 aliphatic heterocycles. The summed E-state index contributed by atoms with van der Waals surface area (Å²) < 4.78 is 10.8. The van der Waals surface area contributed by atoms with Crippen LogP contribution in [0.4, 0.5) is 0 Å². The van der Waals surface area contributed by atoms with Gasteiger partial charge in [0.1, 0.15) is 0 Å². The summed E-state index contributed by atoms with van der Waals surface area (Å²) >= 11 is 0. The van der Waals surface area contributed by atoms with Gasteiger partial charge < -0.3 is 20.1 Å². The van der Waals surface area contributed by atoms with Gasteiger partial charge in [-0.3, -0.25) is 19.4 Å². The molecule has 4 rings (SSSR count). The van der Waals surface area contributed by atoms with E-state index in [4.69, 9.17) is 15.2 Å². The normalized spacial score (nSPS) is 23.4. The zero-order chi connectivity index (χ0) is 18.8. The smallest absolute Gasteiger partial charge is 0.311 e. The summed E-state index contributed by atoms with van der Waals surface area (Å²) in [4.78, 5) is 29.5. The molecule has 0 radical (unpaired) electrons. The van der Waals surface area contributed by atoms with Gasteiger partial charge in [0, 0.05) is 51.9 Å². The number of rotatable bonds is 3. The van der Waals surface area contributed by atoms with Gasteiger partial charge in [-0.25, -0.2) is 0 Å². The monoisotopic (exact) mass is 374 g/mol. The molecule has 2 amide bonds. The molecule has 2 saturated heterocycles. The molecular formula is C19H26N4O4. The lowest BCUT2D eigenvalue weighted by atomic mass is 10.0. The van der Waals surface area contributed by atoms with Crippen molar-refractivity contribution in [3.05, 3.63) is 23.8 Å². The first-order valence-corrected chi connectivity index (χ1v) is 9.54. The number of nitrogens with zero attached hydrogens (tertiary/aromatic N) is 3. The molecule has 0 unspecified atom stereocenters. The topological polar surface area (TPSA) is 88.3 Å². The van der Waals surface area contributed by atoms with Crippen LogP contribution < -0.4 is 15.2 Å². The van der Waals surface area contributed by atoms with Crippen LogP contribution in [0.25, 0.3) is 0 Å². The number of carbonyl (C=O) groups is 2. The first-order chi connectivity index (χ1) is 13.1. The zero-order valence-electron chi connectivity index (χ0n) is 15.4. The fraction of sp³-hybridized carbons (Fsp3) is 0.579. The number of ether oxygens (including phenoxy) is 2. The Hall–Kier alpha value is -2.32. The summed E-state index contributed by atoms with van der Waals surface area (Å²) in [6.07, 6.45) is 1.98. The fourth-order valence-electron chi connectivity index (χ4n) is 4.18. The molecule has 1 atom stereocenters. The van der Waals surface area contributed by atoms with Crippen LogP contribution in [0.5, 0.6) is 11.5 Å². The number of nitrogens with two attached hydrogens (primary N) is 1. The van der Waals surface area contributed by atoms with Gasteiger partial charge in [-0.1, -0.05) is 6.07 Å². The summed E-state index contributed by atoms with van der Waals surface area (Å²) in [5.74, 6) is 0.230. The lowest BCUT2D eigenvalue weighted by Crippen LogP contribution is -2.56. The summed E-state index contributed by atoms with van der Waals surface area (Å²) in [6, 6.07) is 6.44. The second-order valence-corrected chi connectivity index (χ2v) is 7.41. The Balaban J connectivity index is 1.28. The summed E-state index contributed by atoms with van der Waals surface area (Å²) in [5, 5.41) is 0. The van der Waals surface area contributed by atoms with Crippen molar-refractivity contribution in [2.75, 3.05) is 46.1 Å². The molecule has 3 aliphatic rings. The fourth-order valence-corrected chi connectivity index (χ4v) is 4.18. The molecule has 3 heterocycles. The molecule has 27 heavy (non-hydrogen) atoms. The molecule has 0 aliphatic carbocycles. The van der Waals surface area contributed by atoms with E-state index < -0.39 is 11.8 Å². The molecule has 0 saturated carbocycles. The van der Waals surface area contributed by atoms with Gasteiger partial charge in [-0.15, -0.1) is 0 Å². The van der Waals surface area contributed by atoms with Crippen LogP contribution in [0.2, 0.25) is 0 Å². The Labute approximate surface area is 158 Å².